The van der Waals surface area contributed by atoms with Gasteiger partial charge in [0.25, 0.3) is 11.6 Å². The molecule has 0 atom stereocenters. The van der Waals surface area contributed by atoms with Crippen LogP contribution in [0, 0.1) is 10.1 Å². The van der Waals surface area contributed by atoms with E-state index in [0.717, 1.165) is 17.2 Å². The fraction of sp³-hybridized carbons (Fsp3) is 0. The summed E-state index contributed by atoms with van der Waals surface area (Å²) >= 11 is 6.05. The zero-order chi connectivity index (χ0) is 23.7. The monoisotopic (exact) mass is 471 g/mol. The second-order valence-electron chi connectivity index (χ2n) is 7.20. The average molecular weight is 472 g/mol. The van der Waals surface area contributed by atoms with Crippen LogP contribution in [-0.2, 0) is 0 Å². The van der Waals surface area contributed by atoms with Crippen molar-refractivity contribution in [2.45, 2.75) is 0 Å². The third-order valence-electron chi connectivity index (χ3n) is 5.05. The van der Waals surface area contributed by atoms with E-state index in [1.165, 1.54) is 12.1 Å². The van der Waals surface area contributed by atoms with Crippen molar-refractivity contribution < 1.29 is 9.72 Å². The summed E-state index contributed by atoms with van der Waals surface area (Å²) in [5, 5.41) is 26.9. The van der Waals surface area contributed by atoms with Gasteiger partial charge in [-0.05, 0) is 42.5 Å². The van der Waals surface area contributed by atoms with Gasteiger partial charge in [0.15, 0.2) is 11.5 Å². The van der Waals surface area contributed by atoms with Crippen molar-refractivity contribution in [2.24, 2.45) is 0 Å². The van der Waals surface area contributed by atoms with E-state index in [0.29, 0.717) is 22.9 Å². The summed E-state index contributed by atoms with van der Waals surface area (Å²) in [6, 6.07) is 18.0. The lowest BCUT2D eigenvalue weighted by molar-refractivity contribution is -0.384. The normalized spacial score (nSPS) is 10.9. The molecule has 0 saturated carbocycles. The number of hydrogen-bond acceptors (Lipinski definition) is 7. The van der Waals surface area contributed by atoms with Gasteiger partial charge >= 0.3 is 0 Å². The van der Waals surface area contributed by atoms with E-state index in [1.807, 2.05) is 24.3 Å². The lowest BCUT2D eigenvalue weighted by Gasteiger charge is -2.08. The number of hydrogen-bond donors (Lipinski definition) is 1. The first kappa shape index (κ1) is 21.2. The first-order chi connectivity index (χ1) is 16.5. The van der Waals surface area contributed by atoms with Crippen molar-refractivity contribution in [1.29, 1.82) is 0 Å². The van der Waals surface area contributed by atoms with Gasteiger partial charge in [0.05, 0.1) is 21.2 Å². The maximum absolute atomic E-state index is 12.6. The molecule has 34 heavy (non-hydrogen) atoms. The number of benzene rings is 2. The van der Waals surface area contributed by atoms with Crippen LogP contribution in [0.5, 0.6) is 0 Å². The minimum Gasteiger partial charge on any atom is -0.322 e. The third kappa shape index (κ3) is 4.05. The molecule has 0 radical (unpaired) electrons. The zero-order valence-electron chi connectivity index (χ0n) is 17.3. The molecule has 10 nitrogen and oxygen atoms in total. The van der Waals surface area contributed by atoms with Crippen LogP contribution >= 0.6 is 11.6 Å². The number of halogens is 1. The predicted molar refractivity (Wildman–Crippen MR) is 126 cm³/mol. The summed E-state index contributed by atoms with van der Waals surface area (Å²) in [6.07, 6.45) is 3.35. The van der Waals surface area contributed by atoms with E-state index >= 15 is 0 Å². The lowest BCUT2D eigenvalue weighted by Crippen LogP contribution is -2.12. The third-order valence-corrected chi connectivity index (χ3v) is 5.37. The molecule has 1 amide bonds. The van der Waals surface area contributed by atoms with E-state index in [-0.39, 0.29) is 16.3 Å². The van der Waals surface area contributed by atoms with Crippen molar-refractivity contribution in [1.82, 2.24) is 24.8 Å². The highest BCUT2D eigenvalue weighted by molar-refractivity contribution is 6.34. The molecule has 0 fully saturated rings. The SMILES string of the molecule is O=C(Nc1ccc(-c2ccc3nnc(-c4ccncc4)n3n2)cc1)c1cc([N+](=O)[O-])ccc1Cl. The molecule has 1 N–H and O–H groups in total. The van der Waals surface area contributed by atoms with Gasteiger partial charge in [-0.1, -0.05) is 23.7 Å². The van der Waals surface area contributed by atoms with Gasteiger partial charge < -0.3 is 5.32 Å². The van der Waals surface area contributed by atoms with Crippen molar-refractivity contribution >= 4 is 34.5 Å². The fourth-order valence-corrected chi connectivity index (χ4v) is 3.55. The van der Waals surface area contributed by atoms with Gasteiger partial charge in [-0.3, -0.25) is 19.9 Å². The number of pyridine rings is 1. The number of carbonyl (C=O) groups excluding carboxylic acids is 1. The molecule has 0 spiro atoms. The number of anilines is 1. The van der Waals surface area contributed by atoms with Crippen LogP contribution in [0.2, 0.25) is 5.02 Å². The first-order valence-corrected chi connectivity index (χ1v) is 10.4. The number of nitro groups is 1. The number of nitro benzene ring substituents is 1. The van der Waals surface area contributed by atoms with E-state index in [4.69, 9.17) is 11.6 Å². The van der Waals surface area contributed by atoms with Crippen LogP contribution in [0.15, 0.2) is 79.1 Å². The summed E-state index contributed by atoms with van der Waals surface area (Å²) in [5.74, 6) is 0.0458. The number of amides is 1. The molecule has 0 aliphatic carbocycles. The first-order valence-electron chi connectivity index (χ1n) is 9.98. The van der Waals surface area contributed by atoms with Gasteiger partial charge in [-0.15, -0.1) is 10.2 Å². The van der Waals surface area contributed by atoms with Crippen molar-refractivity contribution in [3.05, 3.63) is 99.8 Å². The lowest BCUT2D eigenvalue weighted by atomic mass is 10.1. The van der Waals surface area contributed by atoms with Crippen LogP contribution in [-0.4, -0.2) is 35.6 Å². The van der Waals surface area contributed by atoms with Crippen molar-refractivity contribution in [3.8, 4) is 22.6 Å². The van der Waals surface area contributed by atoms with Gasteiger partial charge in [-0.25, -0.2) is 0 Å². The Kier molecular flexibility index (Phi) is 5.40. The van der Waals surface area contributed by atoms with Gasteiger partial charge in [-0.2, -0.15) is 9.61 Å². The van der Waals surface area contributed by atoms with Crippen molar-refractivity contribution in [2.75, 3.05) is 5.32 Å². The second-order valence-corrected chi connectivity index (χ2v) is 7.61. The van der Waals surface area contributed by atoms with Crippen LogP contribution < -0.4 is 5.32 Å². The van der Waals surface area contributed by atoms with Crippen LogP contribution in [0.25, 0.3) is 28.3 Å². The maximum Gasteiger partial charge on any atom is 0.270 e. The van der Waals surface area contributed by atoms with Crippen LogP contribution in [0.4, 0.5) is 11.4 Å². The quantitative estimate of drug-likeness (QED) is 0.291. The Bertz CT molecular complexity index is 1540. The Balaban J connectivity index is 1.40. The number of aromatic nitrogens is 5. The molecule has 0 bridgehead atoms. The minimum absolute atomic E-state index is 0.0170. The number of nitrogens with one attached hydrogen (secondary N) is 1. The fourth-order valence-electron chi connectivity index (χ4n) is 3.35. The second kappa shape index (κ2) is 8.68. The van der Waals surface area contributed by atoms with E-state index < -0.39 is 10.8 Å². The number of rotatable bonds is 5. The predicted octanol–water partition coefficient (Wildman–Crippen LogP) is 4.67. The standard InChI is InChI=1S/C23H14ClN7O3/c24-19-6-5-17(31(33)34)13-18(19)23(32)26-16-3-1-14(2-4-16)20-7-8-21-27-28-22(30(21)29-20)15-9-11-25-12-10-15/h1-13H,(H,26,32). The van der Waals surface area contributed by atoms with E-state index in [9.17, 15) is 14.9 Å². The highest BCUT2D eigenvalue weighted by atomic mass is 35.5. The Morgan fingerprint density at radius 2 is 1.71 bits per heavy atom. The zero-order valence-corrected chi connectivity index (χ0v) is 18.0. The van der Waals surface area contributed by atoms with Crippen molar-refractivity contribution in [3.63, 3.8) is 0 Å². The smallest absolute Gasteiger partial charge is 0.270 e. The van der Waals surface area contributed by atoms with E-state index in [1.54, 1.807) is 41.2 Å². The summed E-state index contributed by atoms with van der Waals surface area (Å²) in [7, 11) is 0. The van der Waals surface area contributed by atoms with Gasteiger partial charge in [0.2, 0.25) is 0 Å². The molecule has 0 aliphatic heterocycles. The summed E-state index contributed by atoms with van der Waals surface area (Å²) < 4.78 is 1.66. The molecule has 5 rings (SSSR count). The van der Waals surface area contributed by atoms with E-state index in [2.05, 4.69) is 25.6 Å². The highest BCUT2D eigenvalue weighted by Crippen LogP contribution is 2.25. The molecule has 2 aromatic carbocycles. The summed E-state index contributed by atoms with van der Waals surface area (Å²) in [5.41, 5.74) is 3.23. The number of non-ortho nitro benzene ring substituents is 1. The Labute approximate surface area is 197 Å². The molecular weight excluding hydrogens is 458 g/mol. The van der Waals surface area contributed by atoms with Crippen LogP contribution in [0.1, 0.15) is 10.4 Å². The molecule has 3 heterocycles. The number of nitrogens with zero attached hydrogens (tertiary/aromatic N) is 6. The minimum atomic E-state index is -0.582. The van der Waals surface area contributed by atoms with Gasteiger partial charge in [0, 0.05) is 41.3 Å². The molecular formula is C23H14ClN7O3. The summed E-state index contributed by atoms with van der Waals surface area (Å²) in [4.78, 5) is 27.0. The highest BCUT2D eigenvalue weighted by Gasteiger charge is 2.16. The topological polar surface area (TPSA) is 128 Å². The molecule has 3 aromatic heterocycles. The van der Waals surface area contributed by atoms with Crippen LogP contribution in [0.3, 0.4) is 0 Å². The summed E-state index contributed by atoms with van der Waals surface area (Å²) in [6.45, 7) is 0. The Hall–Kier alpha value is -4.70. The molecule has 166 valence electrons. The largest absolute Gasteiger partial charge is 0.322 e. The Morgan fingerprint density at radius 1 is 0.941 bits per heavy atom. The van der Waals surface area contributed by atoms with Gasteiger partial charge in [0.1, 0.15) is 0 Å². The molecule has 5 aromatic rings. The number of fused-ring (bicyclic) bond motifs is 1. The Morgan fingerprint density at radius 3 is 2.44 bits per heavy atom. The molecule has 0 unspecified atom stereocenters. The average Bonchev–Trinajstić information content (AvgIpc) is 3.28. The molecule has 0 saturated heterocycles. The number of carbonyl (C=O) groups is 1. The molecule has 11 heteroatoms. The maximum atomic E-state index is 12.6. The molecule has 0 aliphatic rings.